The van der Waals surface area contributed by atoms with Gasteiger partial charge >= 0.3 is 0 Å². The lowest BCUT2D eigenvalue weighted by Crippen LogP contribution is -2.43. The smallest absolute Gasteiger partial charge is 0.241 e. The van der Waals surface area contributed by atoms with Crippen LogP contribution >= 0.6 is 0 Å². The summed E-state index contributed by atoms with van der Waals surface area (Å²) >= 11 is 0. The zero-order valence-electron chi connectivity index (χ0n) is 16.1. The number of benzene rings is 2. The summed E-state index contributed by atoms with van der Waals surface area (Å²) in [4.78, 5) is 14.4. The zero-order chi connectivity index (χ0) is 20.0. The van der Waals surface area contributed by atoms with Gasteiger partial charge in [-0.2, -0.15) is 0 Å². The summed E-state index contributed by atoms with van der Waals surface area (Å²) in [6, 6.07) is 14.3. The number of rotatable bonds is 8. The van der Waals surface area contributed by atoms with Gasteiger partial charge in [-0.25, -0.2) is 13.1 Å². The second-order valence-corrected chi connectivity index (χ2v) is 8.29. The van der Waals surface area contributed by atoms with Crippen LogP contribution in [0.4, 0.5) is 0 Å². The molecule has 0 aliphatic heterocycles. The number of amides is 1. The van der Waals surface area contributed by atoms with Crippen molar-refractivity contribution in [2.75, 3.05) is 13.7 Å². The van der Waals surface area contributed by atoms with E-state index in [4.69, 9.17) is 4.74 Å². The fraction of sp³-hybridized carbons (Fsp3) is 0.350. The number of hydrogen-bond acceptors (Lipinski definition) is 4. The standard InChI is InChI=1S/C20H26N2O4S/c1-15(2)22(14-17-8-6-5-7-9-17)20(23)13-21-27(24,25)19-11-10-18(26-4)12-16(19)3/h5-12,15,21H,13-14H2,1-4H3. The van der Waals surface area contributed by atoms with E-state index in [2.05, 4.69) is 4.72 Å². The van der Waals surface area contributed by atoms with Crippen molar-refractivity contribution in [3.63, 3.8) is 0 Å². The molecule has 0 aliphatic rings. The molecule has 0 heterocycles. The summed E-state index contributed by atoms with van der Waals surface area (Å²) in [5.74, 6) is 0.306. The minimum absolute atomic E-state index is 0.0510. The summed E-state index contributed by atoms with van der Waals surface area (Å²) in [5, 5.41) is 0. The Morgan fingerprint density at radius 3 is 2.37 bits per heavy atom. The third-order valence-corrected chi connectivity index (χ3v) is 5.79. The average Bonchev–Trinajstić information content (AvgIpc) is 2.64. The number of methoxy groups -OCH3 is 1. The van der Waals surface area contributed by atoms with Crippen molar-refractivity contribution in [2.24, 2.45) is 0 Å². The highest BCUT2D eigenvalue weighted by molar-refractivity contribution is 7.89. The van der Waals surface area contributed by atoms with E-state index in [0.717, 1.165) is 5.56 Å². The molecule has 0 fully saturated rings. The van der Waals surface area contributed by atoms with Gasteiger partial charge in [0.1, 0.15) is 5.75 Å². The van der Waals surface area contributed by atoms with Gasteiger partial charge in [0, 0.05) is 12.6 Å². The first-order valence-corrected chi connectivity index (χ1v) is 10.2. The molecule has 27 heavy (non-hydrogen) atoms. The number of sulfonamides is 1. The van der Waals surface area contributed by atoms with Crippen LogP contribution < -0.4 is 9.46 Å². The van der Waals surface area contributed by atoms with Crippen LogP contribution in [-0.2, 0) is 21.4 Å². The Balaban J connectivity index is 2.09. The van der Waals surface area contributed by atoms with Crippen LogP contribution in [0.15, 0.2) is 53.4 Å². The van der Waals surface area contributed by atoms with E-state index >= 15 is 0 Å². The molecule has 0 radical (unpaired) electrons. The predicted octanol–water partition coefficient (Wildman–Crippen LogP) is 2.72. The molecule has 6 nitrogen and oxygen atoms in total. The largest absolute Gasteiger partial charge is 0.497 e. The SMILES string of the molecule is COc1ccc(S(=O)(=O)NCC(=O)N(Cc2ccccc2)C(C)C)c(C)c1. The topological polar surface area (TPSA) is 75.7 Å². The number of carbonyl (C=O) groups is 1. The molecule has 2 aromatic rings. The van der Waals surface area contributed by atoms with Crippen LogP contribution in [-0.4, -0.2) is 38.9 Å². The first-order valence-electron chi connectivity index (χ1n) is 8.72. The maximum Gasteiger partial charge on any atom is 0.241 e. The highest BCUT2D eigenvalue weighted by Gasteiger charge is 2.22. The van der Waals surface area contributed by atoms with Crippen molar-refractivity contribution in [3.8, 4) is 5.75 Å². The van der Waals surface area contributed by atoms with E-state index in [1.165, 1.54) is 13.2 Å². The number of ether oxygens (including phenoxy) is 1. The molecule has 0 aromatic heterocycles. The Bertz CT molecular complexity index is 880. The quantitative estimate of drug-likeness (QED) is 0.752. The average molecular weight is 391 g/mol. The summed E-state index contributed by atoms with van der Waals surface area (Å²) < 4.78 is 32.7. The third kappa shape index (κ3) is 5.55. The van der Waals surface area contributed by atoms with Crippen LogP contribution in [0.1, 0.15) is 25.0 Å². The Morgan fingerprint density at radius 2 is 1.81 bits per heavy atom. The summed E-state index contributed by atoms with van der Waals surface area (Å²) in [7, 11) is -2.28. The van der Waals surface area contributed by atoms with Gasteiger partial charge in [0.25, 0.3) is 0 Å². The summed E-state index contributed by atoms with van der Waals surface area (Å²) in [5.41, 5.74) is 1.55. The van der Waals surface area contributed by atoms with E-state index in [0.29, 0.717) is 17.9 Å². The van der Waals surface area contributed by atoms with Gasteiger partial charge in [-0.3, -0.25) is 4.79 Å². The van der Waals surface area contributed by atoms with Gasteiger partial charge in [-0.15, -0.1) is 0 Å². The van der Waals surface area contributed by atoms with Crippen LogP contribution in [0.5, 0.6) is 5.75 Å². The Morgan fingerprint density at radius 1 is 1.15 bits per heavy atom. The fourth-order valence-electron chi connectivity index (χ4n) is 2.73. The van der Waals surface area contributed by atoms with Crippen molar-refractivity contribution >= 4 is 15.9 Å². The molecular formula is C20H26N2O4S. The molecule has 1 N–H and O–H groups in total. The van der Waals surface area contributed by atoms with Gasteiger partial charge in [-0.05, 0) is 50.1 Å². The summed E-state index contributed by atoms with van der Waals surface area (Å²) in [6.07, 6.45) is 0. The van der Waals surface area contributed by atoms with Crippen molar-refractivity contribution in [1.82, 2.24) is 9.62 Å². The number of hydrogen-bond donors (Lipinski definition) is 1. The minimum Gasteiger partial charge on any atom is -0.497 e. The molecular weight excluding hydrogens is 364 g/mol. The maximum absolute atomic E-state index is 12.6. The van der Waals surface area contributed by atoms with E-state index in [1.807, 2.05) is 44.2 Å². The third-order valence-electron chi connectivity index (χ3n) is 4.22. The van der Waals surface area contributed by atoms with E-state index in [1.54, 1.807) is 24.0 Å². The first-order chi connectivity index (χ1) is 12.7. The van der Waals surface area contributed by atoms with Gasteiger partial charge < -0.3 is 9.64 Å². The highest BCUT2D eigenvalue weighted by Crippen LogP contribution is 2.20. The molecule has 0 aliphatic carbocycles. The van der Waals surface area contributed by atoms with Crippen LogP contribution in [0, 0.1) is 6.92 Å². The monoisotopic (exact) mass is 390 g/mol. The fourth-order valence-corrected chi connectivity index (χ4v) is 3.92. The van der Waals surface area contributed by atoms with Crippen LogP contribution in [0.3, 0.4) is 0 Å². The minimum atomic E-state index is -3.80. The normalized spacial score (nSPS) is 11.4. The van der Waals surface area contributed by atoms with Gasteiger partial charge in [0.15, 0.2) is 0 Å². The number of nitrogens with zero attached hydrogens (tertiary/aromatic N) is 1. The molecule has 7 heteroatoms. The molecule has 1 amide bonds. The van der Waals surface area contributed by atoms with E-state index < -0.39 is 10.0 Å². The predicted molar refractivity (Wildman–Crippen MR) is 105 cm³/mol. The van der Waals surface area contributed by atoms with Crippen LogP contribution in [0.2, 0.25) is 0 Å². The molecule has 0 saturated heterocycles. The molecule has 2 aromatic carbocycles. The molecule has 0 atom stereocenters. The molecule has 0 unspecified atom stereocenters. The first kappa shape index (κ1) is 20.9. The Kier molecular flexibility index (Phi) is 6.98. The van der Waals surface area contributed by atoms with Crippen molar-refractivity contribution in [3.05, 3.63) is 59.7 Å². The van der Waals surface area contributed by atoms with Gasteiger partial charge in [-0.1, -0.05) is 30.3 Å². The van der Waals surface area contributed by atoms with E-state index in [9.17, 15) is 13.2 Å². The zero-order valence-corrected chi connectivity index (χ0v) is 16.9. The Labute approximate surface area is 161 Å². The van der Waals surface area contributed by atoms with Gasteiger partial charge in [0.2, 0.25) is 15.9 Å². The van der Waals surface area contributed by atoms with E-state index in [-0.39, 0.29) is 23.4 Å². The molecule has 0 saturated carbocycles. The molecule has 2 rings (SSSR count). The van der Waals surface area contributed by atoms with Crippen molar-refractivity contribution in [2.45, 2.75) is 38.3 Å². The van der Waals surface area contributed by atoms with Gasteiger partial charge in [0.05, 0.1) is 18.6 Å². The van der Waals surface area contributed by atoms with Crippen molar-refractivity contribution in [1.29, 1.82) is 0 Å². The highest BCUT2D eigenvalue weighted by atomic mass is 32.2. The Hall–Kier alpha value is -2.38. The maximum atomic E-state index is 12.6. The number of aryl methyl sites for hydroxylation is 1. The molecule has 0 spiro atoms. The lowest BCUT2D eigenvalue weighted by atomic mass is 10.2. The lowest BCUT2D eigenvalue weighted by Gasteiger charge is -2.27. The summed E-state index contributed by atoms with van der Waals surface area (Å²) in [6.45, 7) is 5.64. The lowest BCUT2D eigenvalue weighted by molar-refractivity contribution is -0.132. The van der Waals surface area contributed by atoms with Crippen LogP contribution in [0.25, 0.3) is 0 Å². The molecule has 146 valence electrons. The van der Waals surface area contributed by atoms with Crippen molar-refractivity contribution < 1.29 is 17.9 Å². The second-order valence-electron chi connectivity index (χ2n) is 6.56. The molecule has 0 bridgehead atoms. The number of nitrogens with one attached hydrogen (secondary N) is 1. The number of carbonyl (C=O) groups excluding carboxylic acids is 1. The second kappa shape index (κ2) is 9.01.